The standard InChI is InChI=1S/C23H25NO2S/c1-24-21-12-17(13-23(21)26-18-6-4-3-5-7-18)20-14-19(27-2)10-11-22(20)25-15-16-8-9-16/h3-7,10-14,16,21,24H,8-9,15H2,1-2H3. The molecule has 0 heterocycles. The molecule has 0 radical (unpaired) electrons. The van der Waals surface area contributed by atoms with Gasteiger partial charge in [0.2, 0.25) is 0 Å². The highest BCUT2D eigenvalue weighted by atomic mass is 32.2. The van der Waals surface area contributed by atoms with Gasteiger partial charge in [0.1, 0.15) is 17.3 Å². The second-order valence-electron chi connectivity index (χ2n) is 6.97. The number of hydrogen-bond acceptors (Lipinski definition) is 4. The summed E-state index contributed by atoms with van der Waals surface area (Å²) in [4.78, 5) is 1.23. The Morgan fingerprint density at radius 1 is 1.11 bits per heavy atom. The minimum Gasteiger partial charge on any atom is -0.493 e. The van der Waals surface area contributed by atoms with Crippen LogP contribution in [0.2, 0.25) is 0 Å². The zero-order valence-corrected chi connectivity index (χ0v) is 16.6. The van der Waals surface area contributed by atoms with Gasteiger partial charge in [0.05, 0.1) is 12.6 Å². The van der Waals surface area contributed by atoms with Gasteiger partial charge >= 0.3 is 0 Å². The van der Waals surface area contributed by atoms with Crippen molar-refractivity contribution in [2.24, 2.45) is 5.92 Å². The van der Waals surface area contributed by atoms with Crippen LogP contribution in [-0.4, -0.2) is 26.0 Å². The Kier molecular flexibility index (Phi) is 5.55. The van der Waals surface area contributed by atoms with Gasteiger partial charge in [-0.25, -0.2) is 0 Å². The number of thioether (sulfide) groups is 1. The van der Waals surface area contributed by atoms with E-state index in [9.17, 15) is 0 Å². The molecule has 3 nitrogen and oxygen atoms in total. The van der Waals surface area contributed by atoms with Crippen molar-refractivity contribution in [3.8, 4) is 11.5 Å². The molecule has 2 aliphatic rings. The molecule has 0 saturated heterocycles. The van der Waals surface area contributed by atoms with E-state index in [1.54, 1.807) is 11.8 Å². The predicted molar refractivity (Wildman–Crippen MR) is 112 cm³/mol. The maximum absolute atomic E-state index is 6.15. The van der Waals surface area contributed by atoms with Crippen LogP contribution in [0.3, 0.4) is 0 Å². The van der Waals surface area contributed by atoms with E-state index < -0.39 is 0 Å². The summed E-state index contributed by atoms with van der Waals surface area (Å²) in [6.07, 6.45) is 9.01. The van der Waals surface area contributed by atoms with Crippen molar-refractivity contribution < 1.29 is 9.47 Å². The number of rotatable bonds is 8. The van der Waals surface area contributed by atoms with E-state index in [2.05, 4.69) is 41.9 Å². The second kappa shape index (κ2) is 8.24. The molecule has 0 aliphatic heterocycles. The summed E-state index contributed by atoms with van der Waals surface area (Å²) >= 11 is 1.75. The quantitative estimate of drug-likeness (QED) is 0.643. The van der Waals surface area contributed by atoms with Gasteiger partial charge in [-0.3, -0.25) is 0 Å². The third-order valence-electron chi connectivity index (χ3n) is 4.91. The van der Waals surface area contributed by atoms with E-state index in [1.807, 2.05) is 37.4 Å². The summed E-state index contributed by atoms with van der Waals surface area (Å²) in [5.41, 5.74) is 2.27. The highest BCUT2D eigenvalue weighted by Gasteiger charge is 2.25. The van der Waals surface area contributed by atoms with Gasteiger partial charge in [-0.1, -0.05) is 24.3 Å². The van der Waals surface area contributed by atoms with Crippen LogP contribution in [0.5, 0.6) is 11.5 Å². The Bertz CT molecular complexity index is 856. The van der Waals surface area contributed by atoms with Crippen LogP contribution in [0.4, 0.5) is 0 Å². The normalized spacial score (nSPS) is 18.8. The Morgan fingerprint density at radius 2 is 1.93 bits per heavy atom. The first-order valence-corrected chi connectivity index (χ1v) is 10.6. The Morgan fingerprint density at radius 3 is 2.63 bits per heavy atom. The van der Waals surface area contributed by atoms with E-state index in [0.717, 1.165) is 40.9 Å². The molecule has 1 fully saturated rings. The maximum Gasteiger partial charge on any atom is 0.127 e. The molecule has 1 atom stereocenters. The topological polar surface area (TPSA) is 30.5 Å². The SMILES string of the molecule is CNC1C=C(c2cc(SC)ccc2OCC2CC2)C=C1Oc1ccccc1. The van der Waals surface area contributed by atoms with Crippen molar-refractivity contribution in [3.05, 3.63) is 72.0 Å². The van der Waals surface area contributed by atoms with Crippen molar-refractivity contribution in [3.63, 3.8) is 0 Å². The Labute approximate surface area is 165 Å². The van der Waals surface area contributed by atoms with Crippen molar-refractivity contribution >= 4 is 17.3 Å². The Balaban J connectivity index is 1.62. The van der Waals surface area contributed by atoms with E-state index in [0.29, 0.717) is 0 Å². The first-order valence-electron chi connectivity index (χ1n) is 9.41. The van der Waals surface area contributed by atoms with E-state index in [-0.39, 0.29) is 6.04 Å². The fraction of sp³-hybridized carbons (Fsp3) is 0.304. The molecule has 2 aromatic rings. The average Bonchev–Trinajstić information content (AvgIpc) is 3.46. The molecular formula is C23H25NO2S. The monoisotopic (exact) mass is 379 g/mol. The molecule has 4 rings (SSSR count). The molecule has 1 N–H and O–H groups in total. The van der Waals surface area contributed by atoms with Crippen molar-refractivity contribution in [1.29, 1.82) is 0 Å². The molecule has 2 aliphatic carbocycles. The number of nitrogens with one attached hydrogen (secondary N) is 1. The lowest BCUT2D eigenvalue weighted by Crippen LogP contribution is -2.25. The minimum atomic E-state index is 0.0504. The lowest BCUT2D eigenvalue weighted by molar-refractivity contribution is 0.299. The van der Waals surface area contributed by atoms with Gasteiger partial charge in [-0.2, -0.15) is 0 Å². The number of hydrogen-bond donors (Lipinski definition) is 1. The van der Waals surface area contributed by atoms with Crippen LogP contribution in [0.15, 0.2) is 71.3 Å². The summed E-state index contributed by atoms with van der Waals surface area (Å²) in [6.45, 7) is 0.811. The molecule has 0 spiro atoms. The number of benzene rings is 2. The summed E-state index contributed by atoms with van der Waals surface area (Å²) in [5, 5.41) is 3.33. The predicted octanol–water partition coefficient (Wildman–Crippen LogP) is 5.15. The zero-order valence-electron chi connectivity index (χ0n) is 15.8. The molecule has 140 valence electrons. The molecule has 0 bridgehead atoms. The molecule has 1 saturated carbocycles. The van der Waals surface area contributed by atoms with E-state index >= 15 is 0 Å². The van der Waals surface area contributed by atoms with Gasteiger partial charge in [0, 0.05) is 10.5 Å². The van der Waals surface area contributed by atoms with Crippen LogP contribution in [0.25, 0.3) is 5.57 Å². The van der Waals surface area contributed by atoms with Gasteiger partial charge in [-0.15, -0.1) is 11.8 Å². The molecule has 0 aromatic heterocycles. The van der Waals surface area contributed by atoms with Gasteiger partial charge in [0.25, 0.3) is 0 Å². The maximum atomic E-state index is 6.15. The lowest BCUT2D eigenvalue weighted by Gasteiger charge is -2.13. The zero-order chi connectivity index (χ0) is 18.6. The lowest BCUT2D eigenvalue weighted by atomic mass is 10.1. The summed E-state index contributed by atoms with van der Waals surface area (Å²) in [6, 6.07) is 16.4. The number of ether oxygens (including phenoxy) is 2. The number of likely N-dealkylation sites (N-methyl/N-ethyl adjacent to an activating group) is 1. The van der Waals surface area contributed by atoms with Crippen molar-refractivity contribution in [2.45, 2.75) is 23.8 Å². The van der Waals surface area contributed by atoms with Crippen LogP contribution < -0.4 is 14.8 Å². The van der Waals surface area contributed by atoms with Crippen LogP contribution in [0, 0.1) is 5.92 Å². The number of para-hydroxylation sites is 1. The van der Waals surface area contributed by atoms with Gasteiger partial charge in [-0.05, 0) is 74.0 Å². The van der Waals surface area contributed by atoms with Crippen molar-refractivity contribution in [2.75, 3.05) is 19.9 Å². The molecule has 27 heavy (non-hydrogen) atoms. The average molecular weight is 380 g/mol. The largest absolute Gasteiger partial charge is 0.493 e. The molecular weight excluding hydrogens is 354 g/mol. The molecule has 4 heteroatoms. The minimum absolute atomic E-state index is 0.0504. The van der Waals surface area contributed by atoms with Crippen LogP contribution in [0.1, 0.15) is 18.4 Å². The fourth-order valence-electron chi connectivity index (χ4n) is 3.14. The molecule has 1 unspecified atom stereocenters. The third-order valence-corrected chi connectivity index (χ3v) is 5.63. The van der Waals surface area contributed by atoms with E-state index in [1.165, 1.54) is 17.7 Å². The highest BCUT2D eigenvalue weighted by Crippen LogP contribution is 2.37. The summed E-state index contributed by atoms with van der Waals surface area (Å²) in [5.74, 6) is 3.44. The Hall–Kier alpha value is -2.17. The molecule has 2 aromatic carbocycles. The third kappa shape index (κ3) is 4.40. The second-order valence-corrected chi connectivity index (χ2v) is 7.85. The molecule has 0 amide bonds. The van der Waals surface area contributed by atoms with Gasteiger partial charge in [0.15, 0.2) is 0 Å². The summed E-state index contributed by atoms with van der Waals surface area (Å²) in [7, 11) is 1.95. The number of allylic oxidation sites excluding steroid dienone is 2. The fourth-order valence-corrected chi connectivity index (χ4v) is 3.58. The van der Waals surface area contributed by atoms with Crippen LogP contribution >= 0.6 is 11.8 Å². The van der Waals surface area contributed by atoms with Crippen molar-refractivity contribution in [1.82, 2.24) is 5.32 Å². The van der Waals surface area contributed by atoms with Crippen LogP contribution in [-0.2, 0) is 0 Å². The van der Waals surface area contributed by atoms with E-state index in [4.69, 9.17) is 9.47 Å². The highest BCUT2D eigenvalue weighted by molar-refractivity contribution is 7.98. The summed E-state index contributed by atoms with van der Waals surface area (Å²) < 4.78 is 12.3. The van der Waals surface area contributed by atoms with Gasteiger partial charge < -0.3 is 14.8 Å². The smallest absolute Gasteiger partial charge is 0.127 e. The first kappa shape index (κ1) is 18.2. The first-order chi connectivity index (χ1) is 13.3.